The molecule has 1 aromatic carbocycles. The highest BCUT2D eigenvalue weighted by molar-refractivity contribution is 7.10. The molecule has 5 nitrogen and oxygen atoms in total. The standard InChI is InChI=1S/C21H25N3O2S/c1-14-7-9-16(10-8-14)21-23-17(15(2)26-21)12-20(25)22-13-18(24(3)4)19-6-5-11-27-19/h5-11,18H,12-13H2,1-4H3,(H,22,25). The highest BCUT2D eigenvalue weighted by Gasteiger charge is 2.18. The molecule has 6 heteroatoms. The van der Waals surface area contributed by atoms with Gasteiger partial charge in [0.2, 0.25) is 11.8 Å². The maximum Gasteiger partial charge on any atom is 0.226 e. The Balaban J connectivity index is 1.63. The molecule has 1 N–H and O–H groups in total. The van der Waals surface area contributed by atoms with Crippen molar-refractivity contribution in [3.8, 4) is 11.5 Å². The normalized spacial score (nSPS) is 12.3. The number of hydrogen-bond acceptors (Lipinski definition) is 5. The first kappa shape index (κ1) is 19.3. The smallest absolute Gasteiger partial charge is 0.226 e. The predicted molar refractivity (Wildman–Crippen MR) is 109 cm³/mol. The molecule has 0 saturated carbocycles. The van der Waals surface area contributed by atoms with Crippen LogP contribution in [0.3, 0.4) is 0 Å². The summed E-state index contributed by atoms with van der Waals surface area (Å²) in [7, 11) is 4.04. The number of aryl methyl sites for hydroxylation is 2. The van der Waals surface area contributed by atoms with Gasteiger partial charge in [0.1, 0.15) is 5.76 Å². The first-order chi connectivity index (χ1) is 12.9. The molecule has 2 heterocycles. The minimum absolute atomic E-state index is 0.0507. The Labute approximate surface area is 164 Å². The van der Waals surface area contributed by atoms with Gasteiger partial charge in [-0.15, -0.1) is 11.3 Å². The summed E-state index contributed by atoms with van der Waals surface area (Å²) in [5.41, 5.74) is 2.78. The third kappa shape index (κ3) is 4.84. The molecule has 0 bridgehead atoms. The number of aromatic nitrogens is 1. The van der Waals surface area contributed by atoms with Gasteiger partial charge < -0.3 is 14.6 Å². The van der Waals surface area contributed by atoms with Crippen molar-refractivity contribution in [2.24, 2.45) is 0 Å². The minimum atomic E-state index is -0.0507. The second kappa shape index (κ2) is 8.50. The van der Waals surface area contributed by atoms with Crippen LogP contribution in [0, 0.1) is 13.8 Å². The highest BCUT2D eigenvalue weighted by Crippen LogP contribution is 2.24. The van der Waals surface area contributed by atoms with Crippen molar-refractivity contribution in [2.45, 2.75) is 26.3 Å². The molecule has 0 saturated heterocycles. The van der Waals surface area contributed by atoms with E-state index in [0.717, 1.165) is 5.56 Å². The number of nitrogens with one attached hydrogen (secondary N) is 1. The van der Waals surface area contributed by atoms with E-state index in [1.54, 1.807) is 11.3 Å². The highest BCUT2D eigenvalue weighted by atomic mass is 32.1. The quantitative estimate of drug-likeness (QED) is 0.670. The molecule has 0 fully saturated rings. The summed E-state index contributed by atoms with van der Waals surface area (Å²) in [6.07, 6.45) is 0.214. The number of thiophene rings is 1. The van der Waals surface area contributed by atoms with E-state index in [1.165, 1.54) is 10.4 Å². The van der Waals surface area contributed by atoms with E-state index in [2.05, 4.69) is 26.6 Å². The zero-order valence-electron chi connectivity index (χ0n) is 16.2. The van der Waals surface area contributed by atoms with Crippen molar-refractivity contribution in [1.29, 1.82) is 0 Å². The van der Waals surface area contributed by atoms with E-state index in [-0.39, 0.29) is 18.4 Å². The molecular weight excluding hydrogens is 358 g/mol. The maximum atomic E-state index is 12.4. The average Bonchev–Trinajstić information content (AvgIpc) is 3.26. The molecule has 1 atom stereocenters. The van der Waals surface area contributed by atoms with E-state index < -0.39 is 0 Å². The molecular formula is C21H25N3O2S. The van der Waals surface area contributed by atoms with Gasteiger partial charge in [-0.1, -0.05) is 23.8 Å². The van der Waals surface area contributed by atoms with E-state index in [0.29, 0.717) is 23.9 Å². The van der Waals surface area contributed by atoms with Crippen molar-refractivity contribution in [3.63, 3.8) is 0 Å². The summed E-state index contributed by atoms with van der Waals surface area (Å²) >= 11 is 1.70. The molecule has 3 rings (SSSR count). The lowest BCUT2D eigenvalue weighted by Gasteiger charge is -2.23. The Hall–Kier alpha value is -2.44. The Kier molecular flexibility index (Phi) is 6.08. The topological polar surface area (TPSA) is 58.4 Å². The Bertz CT molecular complexity index is 883. The van der Waals surface area contributed by atoms with Crippen molar-refractivity contribution < 1.29 is 9.21 Å². The molecule has 1 amide bonds. The van der Waals surface area contributed by atoms with Crippen LogP contribution >= 0.6 is 11.3 Å². The number of likely N-dealkylation sites (N-methyl/N-ethyl adjacent to an activating group) is 1. The lowest BCUT2D eigenvalue weighted by atomic mass is 10.1. The van der Waals surface area contributed by atoms with Crippen LogP contribution in [0.15, 0.2) is 46.2 Å². The van der Waals surface area contributed by atoms with Gasteiger partial charge in [-0.3, -0.25) is 4.79 Å². The predicted octanol–water partition coefficient (Wildman–Crippen LogP) is 3.98. The first-order valence-electron chi connectivity index (χ1n) is 8.94. The van der Waals surface area contributed by atoms with Crippen LogP contribution in [-0.4, -0.2) is 36.4 Å². The van der Waals surface area contributed by atoms with Crippen molar-refractivity contribution in [3.05, 3.63) is 63.7 Å². The zero-order chi connectivity index (χ0) is 19.4. The summed E-state index contributed by atoms with van der Waals surface area (Å²) in [5.74, 6) is 1.19. The number of carbonyl (C=O) groups excluding carboxylic acids is 1. The molecule has 0 aliphatic heterocycles. The molecule has 0 aliphatic rings. The third-order valence-corrected chi connectivity index (χ3v) is 5.48. The van der Waals surface area contributed by atoms with E-state index in [4.69, 9.17) is 4.42 Å². The van der Waals surface area contributed by atoms with Crippen LogP contribution in [0.4, 0.5) is 0 Å². The van der Waals surface area contributed by atoms with E-state index in [9.17, 15) is 4.79 Å². The lowest BCUT2D eigenvalue weighted by molar-refractivity contribution is -0.120. The van der Waals surface area contributed by atoms with Crippen LogP contribution in [-0.2, 0) is 11.2 Å². The van der Waals surface area contributed by atoms with Gasteiger partial charge in [0.15, 0.2) is 0 Å². The number of nitrogens with zero attached hydrogens (tertiary/aromatic N) is 2. The summed E-state index contributed by atoms with van der Waals surface area (Å²) in [6, 6.07) is 12.3. The van der Waals surface area contributed by atoms with Gasteiger partial charge in [-0.2, -0.15) is 0 Å². The van der Waals surface area contributed by atoms with Gasteiger partial charge in [-0.25, -0.2) is 4.98 Å². The fraction of sp³-hybridized carbons (Fsp3) is 0.333. The molecule has 2 aromatic heterocycles. The number of oxazole rings is 1. The second-order valence-corrected chi connectivity index (χ2v) is 7.84. The Morgan fingerprint density at radius 3 is 2.59 bits per heavy atom. The summed E-state index contributed by atoms with van der Waals surface area (Å²) in [5, 5.41) is 5.08. The molecule has 0 radical (unpaired) electrons. The average molecular weight is 384 g/mol. The van der Waals surface area contributed by atoms with Gasteiger partial charge in [-0.05, 0) is 51.5 Å². The number of carbonyl (C=O) groups is 1. The van der Waals surface area contributed by atoms with Crippen LogP contribution in [0.5, 0.6) is 0 Å². The summed E-state index contributed by atoms with van der Waals surface area (Å²) < 4.78 is 5.77. The maximum absolute atomic E-state index is 12.4. The monoisotopic (exact) mass is 383 g/mol. The van der Waals surface area contributed by atoms with Crippen LogP contribution in [0.2, 0.25) is 0 Å². The molecule has 3 aromatic rings. The Morgan fingerprint density at radius 2 is 1.96 bits per heavy atom. The van der Waals surface area contributed by atoms with Gasteiger partial charge in [0.25, 0.3) is 0 Å². The second-order valence-electron chi connectivity index (χ2n) is 6.86. The largest absolute Gasteiger partial charge is 0.441 e. The zero-order valence-corrected chi connectivity index (χ0v) is 17.0. The molecule has 27 heavy (non-hydrogen) atoms. The van der Waals surface area contributed by atoms with Gasteiger partial charge in [0, 0.05) is 17.0 Å². The fourth-order valence-corrected chi connectivity index (χ4v) is 3.78. The molecule has 0 aliphatic carbocycles. The number of benzene rings is 1. The number of amides is 1. The third-order valence-electron chi connectivity index (χ3n) is 4.51. The minimum Gasteiger partial charge on any atom is -0.441 e. The number of hydrogen-bond donors (Lipinski definition) is 1. The van der Waals surface area contributed by atoms with Crippen LogP contribution in [0.1, 0.15) is 27.9 Å². The van der Waals surface area contributed by atoms with Crippen molar-refractivity contribution in [2.75, 3.05) is 20.6 Å². The molecule has 0 spiro atoms. The first-order valence-corrected chi connectivity index (χ1v) is 9.82. The van der Waals surface area contributed by atoms with Crippen molar-refractivity contribution in [1.82, 2.24) is 15.2 Å². The van der Waals surface area contributed by atoms with E-state index >= 15 is 0 Å². The lowest BCUT2D eigenvalue weighted by Crippen LogP contribution is -2.35. The fourth-order valence-electron chi connectivity index (χ4n) is 2.86. The molecule has 1 unspecified atom stereocenters. The summed E-state index contributed by atoms with van der Waals surface area (Å²) in [4.78, 5) is 20.3. The number of rotatable bonds is 7. The SMILES string of the molecule is Cc1ccc(-c2nc(CC(=O)NCC(c3cccs3)N(C)C)c(C)o2)cc1. The molecule has 142 valence electrons. The van der Waals surface area contributed by atoms with E-state index in [1.807, 2.05) is 58.3 Å². The van der Waals surface area contributed by atoms with Gasteiger partial charge >= 0.3 is 0 Å². The van der Waals surface area contributed by atoms with Crippen LogP contribution in [0.25, 0.3) is 11.5 Å². The van der Waals surface area contributed by atoms with Crippen LogP contribution < -0.4 is 5.32 Å². The summed E-state index contributed by atoms with van der Waals surface area (Å²) in [6.45, 7) is 4.45. The Morgan fingerprint density at radius 1 is 1.22 bits per heavy atom. The van der Waals surface area contributed by atoms with Gasteiger partial charge in [0.05, 0.1) is 18.2 Å². The van der Waals surface area contributed by atoms with Crippen molar-refractivity contribution >= 4 is 17.2 Å².